The third-order valence-corrected chi connectivity index (χ3v) is 5.94. The highest BCUT2D eigenvalue weighted by molar-refractivity contribution is 6.30. The highest BCUT2D eigenvalue weighted by atomic mass is 35.5. The van der Waals surface area contributed by atoms with E-state index in [1.807, 2.05) is 36.9 Å². The van der Waals surface area contributed by atoms with Crippen LogP contribution in [0.15, 0.2) is 36.4 Å². The molecule has 0 aliphatic carbocycles. The molecular weight excluding hydrogens is 412 g/mol. The molecule has 0 saturated heterocycles. The summed E-state index contributed by atoms with van der Waals surface area (Å²) in [6.07, 6.45) is 1.65. The molecule has 6 nitrogen and oxygen atoms in total. The van der Waals surface area contributed by atoms with Crippen LogP contribution in [0.3, 0.4) is 0 Å². The minimum absolute atomic E-state index is 0.0515. The monoisotopic (exact) mass is 442 g/mol. The van der Waals surface area contributed by atoms with Gasteiger partial charge in [-0.15, -0.1) is 0 Å². The Morgan fingerprint density at radius 2 is 1.81 bits per heavy atom. The number of benzene rings is 1. The summed E-state index contributed by atoms with van der Waals surface area (Å²) in [6, 6.07) is 10.8. The van der Waals surface area contributed by atoms with Crippen molar-refractivity contribution in [1.82, 2.24) is 9.88 Å². The fourth-order valence-electron chi connectivity index (χ4n) is 3.77. The van der Waals surface area contributed by atoms with Crippen LogP contribution in [-0.2, 0) is 11.3 Å². The molecule has 0 saturated carbocycles. The number of rotatable bonds is 7. The third kappa shape index (κ3) is 5.18. The number of hydrogen-bond acceptors (Lipinski definition) is 3. The predicted octanol–water partition coefficient (Wildman–Crippen LogP) is 6.23. The van der Waals surface area contributed by atoms with E-state index in [9.17, 15) is 9.59 Å². The maximum absolute atomic E-state index is 13.5. The second kappa shape index (κ2) is 9.69. The van der Waals surface area contributed by atoms with Gasteiger partial charge in [0.1, 0.15) is 5.82 Å². The van der Waals surface area contributed by atoms with Gasteiger partial charge in [-0.1, -0.05) is 39.3 Å². The third-order valence-electron chi connectivity index (χ3n) is 5.69. The van der Waals surface area contributed by atoms with E-state index in [-0.39, 0.29) is 23.9 Å². The quantitative estimate of drug-likeness (QED) is 0.552. The number of halogens is 1. The molecule has 1 aliphatic rings. The second-order valence-electron chi connectivity index (χ2n) is 8.66. The van der Waals surface area contributed by atoms with Crippen LogP contribution in [0.2, 0.25) is 5.02 Å². The first-order chi connectivity index (χ1) is 14.7. The minimum atomic E-state index is -0.0902. The number of carbonyl (C=O) groups is 2. The first-order valence-electron chi connectivity index (χ1n) is 10.9. The summed E-state index contributed by atoms with van der Waals surface area (Å²) in [5, 5.41) is 3.51. The first-order valence-corrected chi connectivity index (χ1v) is 11.3. The summed E-state index contributed by atoms with van der Waals surface area (Å²) >= 11 is 6.06. The van der Waals surface area contributed by atoms with Crippen LogP contribution in [0.4, 0.5) is 22.0 Å². The maximum atomic E-state index is 13.5. The Hall–Kier alpha value is -2.60. The number of amides is 3. The zero-order valence-electron chi connectivity index (χ0n) is 18.9. The smallest absolute Gasteiger partial charge is 0.315 e. The van der Waals surface area contributed by atoms with E-state index in [1.54, 1.807) is 23.1 Å². The number of fused-ring (bicyclic) bond motifs is 1. The topological polar surface area (TPSA) is 65.5 Å². The van der Waals surface area contributed by atoms with Crippen molar-refractivity contribution in [2.24, 2.45) is 11.8 Å². The van der Waals surface area contributed by atoms with Gasteiger partial charge in [-0.2, -0.15) is 0 Å². The van der Waals surface area contributed by atoms with Gasteiger partial charge in [0.25, 0.3) is 0 Å². The lowest BCUT2D eigenvalue weighted by Gasteiger charge is -2.40. The molecule has 0 fully saturated rings. The normalized spacial score (nSPS) is 15.6. The Balaban J connectivity index is 2.00. The molecule has 3 rings (SSSR count). The number of anilines is 3. The van der Waals surface area contributed by atoms with Gasteiger partial charge in [-0.3, -0.25) is 9.69 Å². The molecule has 0 spiro atoms. The summed E-state index contributed by atoms with van der Waals surface area (Å²) in [7, 11) is 0. The Labute approximate surface area is 189 Å². The molecule has 166 valence electrons. The van der Waals surface area contributed by atoms with E-state index in [2.05, 4.69) is 26.1 Å². The summed E-state index contributed by atoms with van der Waals surface area (Å²) in [5.41, 5.74) is 2.21. The number of hydrogen-bond donors (Lipinski definition) is 1. The van der Waals surface area contributed by atoms with Gasteiger partial charge in [-0.05, 0) is 62.1 Å². The molecule has 1 aromatic carbocycles. The fourth-order valence-corrected chi connectivity index (χ4v) is 3.90. The fraction of sp³-hybridized carbons (Fsp3) is 0.458. The lowest BCUT2D eigenvalue weighted by atomic mass is 10.0. The summed E-state index contributed by atoms with van der Waals surface area (Å²) in [4.78, 5) is 34.1. The average Bonchev–Trinajstić information content (AvgIpc) is 2.73. The minimum Gasteiger partial charge on any atom is -0.315 e. The Morgan fingerprint density at radius 3 is 2.42 bits per heavy atom. The molecule has 2 aromatic rings. The van der Waals surface area contributed by atoms with E-state index in [0.29, 0.717) is 23.3 Å². The second-order valence-corrected chi connectivity index (χ2v) is 9.10. The molecule has 1 aliphatic heterocycles. The molecule has 0 bridgehead atoms. The van der Waals surface area contributed by atoms with Crippen molar-refractivity contribution in [2.75, 3.05) is 10.2 Å². The van der Waals surface area contributed by atoms with Gasteiger partial charge in [0, 0.05) is 17.0 Å². The van der Waals surface area contributed by atoms with Crippen molar-refractivity contribution < 1.29 is 9.59 Å². The molecule has 1 unspecified atom stereocenters. The summed E-state index contributed by atoms with van der Waals surface area (Å²) in [5.74, 6) is 0.821. The van der Waals surface area contributed by atoms with Gasteiger partial charge in [0.2, 0.25) is 5.91 Å². The SMILES string of the molecule is CC[C@@H](C)C(=O)Nc1ccc2c(n1)CN(C(C)CC(C)C)C(=O)N2c1ccc(Cl)cc1. The largest absolute Gasteiger partial charge is 0.329 e. The summed E-state index contributed by atoms with van der Waals surface area (Å²) < 4.78 is 0. The van der Waals surface area contributed by atoms with Crippen LogP contribution < -0.4 is 10.2 Å². The lowest BCUT2D eigenvalue weighted by Crippen LogP contribution is -2.49. The molecule has 0 radical (unpaired) electrons. The van der Waals surface area contributed by atoms with Crippen molar-refractivity contribution >= 4 is 40.7 Å². The van der Waals surface area contributed by atoms with E-state index < -0.39 is 0 Å². The van der Waals surface area contributed by atoms with E-state index in [4.69, 9.17) is 16.6 Å². The highest BCUT2D eigenvalue weighted by Gasteiger charge is 2.35. The van der Waals surface area contributed by atoms with E-state index in [1.165, 1.54) is 0 Å². The molecule has 3 amide bonds. The number of pyridine rings is 1. The van der Waals surface area contributed by atoms with Crippen LogP contribution in [0.25, 0.3) is 0 Å². The molecule has 31 heavy (non-hydrogen) atoms. The Morgan fingerprint density at radius 1 is 1.13 bits per heavy atom. The zero-order valence-corrected chi connectivity index (χ0v) is 19.6. The Kier molecular flexibility index (Phi) is 7.21. The standard InChI is InChI=1S/C24H31ClN4O2/c1-6-16(4)23(30)27-22-12-11-21-20(26-22)14-28(17(5)13-15(2)3)24(31)29(21)19-9-7-18(25)8-10-19/h7-12,15-17H,6,13-14H2,1-5H3,(H,26,27,30)/t16-,17?/m1/s1. The molecule has 1 aromatic heterocycles. The van der Waals surface area contributed by atoms with Gasteiger partial charge < -0.3 is 10.2 Å². The molecule has 1 N–H and O–H groups in total. The number of carbonyl (C=O) groups excluding carboxylic acids is 2. The molecular formula is C24H31ClN4O2. The molecule has 2 atom stereocenters. The van der Waals surface area contributed by atoms with Crippen molar-refractivity contribution in [3.63, 3.8) is 0 Å². The van der Waals surface area contributed by atoms with Crippen molar-refractivity contribution in [3.05, 3.63) is 47.1 Å². The van der Waals surface area contributed by atoms with Crippen LogP contribution in [0.5, 0.6) is 0 Å². The van der Waals surface area contributed by atoms with Gasteiger partial charge in [0.05, 0.1) is 23.6 Å². The van der Waals surface area contributed by atoms with Crippen LogP contribution in [0, 0.1) is 11.8 Å². The molecule has 2 heterocycles. The maximum Gasteiger partial charge on any atom is 0.329 e. The van der Waals surface area contributed by atoms with Crippen molar-refractivity contribution in [1.29, 1.82) is 0 Å². The van der Waals surface area contributed by atoms with Gasteiger partial charge >= 0.3 is 6.03 Å². The highest BCUT2D eigenvalue weighted by Crippen LogP contribution is 2.36. The van der Waals surface area contributed by atoms with E-state index >= 15 is 0 Å². The zero-order chi connectivity index (χ0) is 22.7. The Bertz CT molecular complexity index is 945. The van der Waals surface area contributed by atoms with Crippen LogP contribution in [-0.4, -0.2) is 27.9 Å². The number of nitrogens with zero attached hydrogens (tertiary/aromatic N) is 3. The number of aromatic nitrogens is 1. The van der Waals surface area contributed by atoms with Crippen molar-refractivity contribution in [3.8, 4) is 0 Å². The number of nitrogens with one attached hydrogen (secondary N) is 1. The van der Waals surface area contributed by atoms with Gasteiger partial charge in [-0.25, -0.2) is 9.78 Å². The number of urea groups is 1. The molecule has 7 heteroatoms. The lowest BCUT2D eigenvalue weighted by molar-refractivity contribution is -0.119. The summed E-state index contributed by atoms with van der Waals surface area (Å²) in [6.45, 7) is 10.6. The average molecular weight is 443 g/mol. The van der Waals surface area contributed by atoms with E-state index in [0.717, 1.165) is 29.9 Å². The predicted molar refractivity (Wildman–Crippen MR) is 126 cm³/mol. The van der Waals surface area contributed by atoms with Gasteiger partial charge in [0.15, 0.2) is 0 Å². The van der Waals surface area contributed by atoms with Crippen LogP contribution in [0.1, 0.15) is 53.2 Å². The van der Waals surface area contributed by atoms with Crippen LogP contribution >= 0.6 is 11.6 Å². The first kappa shape index (κ1) is 23.1. The van der Waals surface area contributed by atoms with Crippen molar-refractivity contribution in [2.45, 2.75) is 60.0 Å².